The zero-order valence-electron chi connectivity index (χ0n) is 23.4. The van der Waals surface area contributed by atoms with E-state index in [1.807, 2.05) is 78.9 Å². The van der Waals surface area contributed by atoms with Crippen molar-refractivity contribution in [1.29, 1.82) is 0 Å². The molecule has 7 heteroatoms. The topological polar surface area (TPSA) is 81.4 Å². The van der Waals surface area contributed by atoms with Crippen molar-refractivity contribution in [2.75, 3.05) is 26.9 Å². The van der Waals surface area contributed by atoms with E-state index < -0.39 is 30.7 Å². The first-order valence-corrected chi connectivity index (χ1v) is 14.2. The summed E-state index contributed by atoms with van der Waals surface area (Å²) in [6.45, 7) is 2.90. The number of benzene rings is 3. The number of hydrogen-bond donors (Lipinski definition) is 1. The van der Waals surface area contributed by atoms with E-state index in [-0.39, 0.29) is 0 Å². The Bertz CT molecular complexity index is 1050. The summed E-state index contributed by atoms with van der Waals surface area (Å²) in [6.07, 6.45) is 0.507. The van der Waals surface area contributed by atoms with Crippen molar-refractivity contribution in [3.8, 4) is 0 Å². The van der Waals surface area contributed by atoms with Crippen LogP contribution in [0.5, 0.6) is 0 Å². The maximum absolute atomic E-state index is 6.61. The lowest BCUT2D eigenvalue weighted by Crippen LogP contribution is -2.61. The highest BCUT2D eigenvalue weighted by Crippen LogP contribution is 2.31. The molecular formula is C33H43NO6. The van der Waals surface area contributed by atoms with Crippen LogP contribution >= 0.6 is 0 Å². The average Bonchev–Trinajstić information content (AvgIpc) is 3.01. The van der Waals surface area contributed by atoms with E-state index in [0.29, 0.717) is 39.6 Å². The quantitative estimate of drug-likeness (QED) is 0.230. The third kappa shape index (κ3) is 9.49. The van der Waals surface area contributed by atoms with Gasteiger partial charge in [0.15, 0.2) is 6.29 Å². The van der Waals surface area contributed by atoms with Crippen molar-refractivity contribution < 1.29 is 28.4 Å². The van der Waals surface area contributed by atoms with Crippen molar-refractivity contribution in [3.63, 3.8) is 0 Å². The molecule has 0 aromatic heterocycles. The Hall–Kier alpha value is -2.62. The van der Waals surface area contributed by atoms with Gasteiger partial charge in [-0.05, 0) is 42.5 Å². The molecule has 0 amide bonds. The zero-order chi connectivity index (χ0) is 27.8. The van der Waals surface area contributed by atoms with Crippen molar-refractivity contribution in [1.82, 2.24) is 0 Å². The summed E-state index contributed by atoms with van der Waals surface area (Å²) in [5.41, 5.74) is 8.83. The highest BCUT2D eigenvalue weighted by molar-refractivity contribution is 5.15. The first-order valence-electron chi connectivity index (χ1n) is 14.2. The maximum atomic E-state index is 6.61. The molecule has 0 bridgehead atoms. The molecule has 1 saturated heterocycles. The van der Waals surface area contributed by atoms with Gasteiger partial charge in [-0.3, -0.25) is 0 Å². The van der Waals surface area contributed by atoms with Gasteiger partial charge < -0.3 is 34.2 Å². The standard InChI is InChI=1S/C33H43NO6/c1-35-33-32(39-24-28-18-10-4-11-19-28)31(38-23-27-16-8-3-9-17-27)30(37-22-26-14-6-2-7-15-26)29(40-33)25-36-21-13-5-12-20-34/h2-4,6-11,14-19,29-33H,5,12-13,20-25,34H2,1H3/t29-,30-,31+,32-,33?/m1/s1. The molecule has 0 saturated carbocycles. The minimum absolute atomic E-state index is 0.360. The van der Waals surface area contributed by atoms with Gasteiger partial charge in [0.25, 0.3) is 0 Å². The molecule has 1 heterocycles. The molecule has 5 atom stereocenters. The fourth-order valence-corrected chi connectivity index (χ4v) is 4.79. The van der Waals surface area contributed by atoms with Crippen LogP contribution in [0.2, 0.25) is 0 Å². The molecule has 1 unspecified atom stereocenters. The van der Waals surface area contributed by atoms with Gasteiger partial charge in [0, 0.05) is 13.7 Å². The Morgan fingerprint density at radius 1 is 0.625 bits per heavy atom. The van der Waals surface area contributed by atoms with Crippen LogP contribution in [-0.4, -0.2) is 57.6 Å². The molecule has 1 fully saturated rings. The summed E-state index contributed by atoms with van der Waals surface area (Å²) in [5, 5.41) is 0. The van der Waals surface area contributed by atoms with Crippen LogP contribution in [0.4, 0.5) is 0 Å². The van der Waals surface area contributed by atoms with Crippen LogP contribution in [0.3, 0.4) is 0 Å². The van der Waals surface area contributed by atoms with E-state index in [4.69, 9.17) is 34.2 Å². The normalized spacial score (nSPS) is 22.8. The number of hydrogen-bond acceptors (Lipinski definition) is 7. The minimum atomic E-state index is -0.646. The number of nitrogens with two attached hydrogens (primary N) is 1. The highest BCUT2D eigenvalue weighted by atomic mass is 16.7. The molecule has 40 heavy (non-hydrogen) atoms. The Morgan fingerprint density at radius 2 is 1.12 bits per heavy atom. The third-order valence-corrected chi connectivity index (χ3v) is 6.95. The number of unbranched alkanes of at least 4 members (excludes halogenated alkanes) is 2. The molecule has 3 aromatic rings. The van der Waals surface area contributed by atoms with Gasteiger partial charge in [-0.2, -0.15) is 0 Å². The summed E-state index contributed by atoms with van der Waals surface area (Å²) in [5.74, 6) is 0. The minimum Gasteiger partial charge on any atom is -0.379 e. The van der Waals surface area contributed by atoms with E-state index in [1.54, 1.807) is 7.11 Å². The van der Waals surface area contributed by atoms with E-state index in [1.165, 1.54) is 0 Å². The predicted molar refractivity (Wildman–Crippen MR) is 154 cm³/mol. The predicted octanol–water partition coefficient (Wildman–Crippen LogP) is 5.26. The fraction of sp³-hybridized carbons (Fsp3) is 0.455. The van der Waals surface area contributed by atoms with E-state index in [2.05, 4.69) is 12.1 Å². The summed E-state index contributed by atoms with van der Waals surface area (Å²) in [7, 11) is 1.63. The molecule has 0 spiro atoms. The number of ether oxygens (including phenoxy) is 6. The monoisotopic (exact) mass is 549 g/mol. The second-order valence-corrected chi connectivity index (χ2v) is 9.99. The number of methoxy groups -OCH3 is 1. The van der Waals surface area contributed by atoms with Crippen molar-refractivity contribution in [3.05, 3.63) is 108 Å². The van der Waals surface area contributed by atoms with Gasteiger partial charge in [-0.15, -0.1) is 0 Å². The smallest absolute Gasteiger partial charge is 0.186 e. The van der Waals surface area contributed by atoms with E-state index in [9.17, 15) is 0 Å². The van der Waals surface area contributed by atoms with Gasteiger partial charge in [0.05, 0.1) is 26.4 Å². The summed E-state index contributed by atoms with van der Waals surface area (Å²) < 4.78 is 38.0. The van der Waals surface area contributed by atoms with Gasteiger partial charge >= 0.3 is 0 Å². The lowest BCUT2D eigenvalue weighted by Gasteiger charge is -2.45. The molecule has 1 aliphatic rings. The maximum Gasteiger partial charge on any atom is 0.186 e. The summed E-state index contributed by atoms with van der Waals surface area (Å²) in [6, 6.07) is 30.3. The molecule has 216 valence electrons. The SMILES string of the molecule is COC1O[C@H](COCCCCCN)[C@@H](OCc2ccccc2)[C@H](OCc2ccccc2)[C@H]1OCc1ccccc1. The van der Waals surface area contributed by atoms with Crippen LogP contribution in [0.1, 0.15) is 36.0 Å². The first-order chi connectivity index (χ1) is 19.8. The molecule has 2 N–H and O–H groups in total. The summed E-state index contributed by atoms with van der Waals surface area (Å²) >= 11 is 0. The molecule has 7 nitrogen and oxygen atoms in total. The van der Waals surface area contributed by atoms with E-state index >= 15 is 0 Å². The van der Waals surface area contributed by atoms with Crippen LogP contribution in [0.25, 0.3) is 0 Å². The van der Waals surface area contributed by atoms with Gasteiger partial charge in [0.2, 0.25) is 0 Å². The molecule has 1 aliphatic heterocycles. The third-order valence-electron chi connectivity index (χ3n) is 6.95. The largest absolute Gasteiger partial charge is 0.379 e. The van der Waals surface area contributed by atoms with Gasteiger partial charge in [-0.1, -0.05) is 91.0 Å². The average molecular weight is 550 g/mol. The second-order valence-electron chi connectivity index (χ2n) is 9.99. The lowest BCUT2D eigenvalue weighted by atomic mass is 9.97. The van der Waals surface area contributed by atoms with Gasteiger partial charge in [-0.25, -0.2) is 0 Å². The van der Waals surface area contributed by atoms with Crippen molar-refractivity contribution in [2.45, 2.75) is 69.8 Å². The van der Waals surface area contributed by atoms with Crippen molar-refractivity contribution >= 4 is 0 Å². The number of rotatable bonds is 17. The Morgan fingerprint density at radius 3 is 1.62 bits per heavy atom. The second kappa shape index (κ2) is 17.3. The molecule has 4 rings (SSSR count). The van der Waals surface area contributed by atoms with Crippen LogP contribution in [0, 0.1) is 0 Å². The molecule has 0 aliphatic carbocycles. The van der Waals surface area contributed by atoms with Crippen LogP contribution in [-0.2, 0) is 48.2 Å². The van der Waals surface area contributed by atoms with Crippen LogP contribution in [0.15, 0.2) is 91.0 Å². The Balaban J connectivity index is 1.54. The highest BCUT2D eigenvalue weighted by Gasteiger charge is 2.48. The lowest BCUT2D eigenvalue weighted by molar-refractivity contribution is -0.323. The van der Waals surface area contributed by atoms with Gasteiger partial charge in [0.1, 0.15) is 24.4 Å². The Labute approximate surface area is 238 Å². The zero-order valence-corrected chi connectivity index (χ0v) is 23.4. The van der Waals surface area contributed by atoms with E-state index in [0.717, 1.165) is 36.0 Å². The fourth-order valence-electron chi connectivity index (χ4n) is 4.79. The molecule has 0 radical (unpaired) electrons. The summed E-state index contributed by atoms with van der Waals surface area (Å²) in [4.78, 5) is 0. The molecular weight excluding hydrogens is 506 g/mol. The van der Waals surface area contributed by atoms with Crippen LogP contribution < -0.4 is 5.73 Å². The first kappa shape index (κ1) is 30.3. The molecule has 3 aromatic carbocycles. The van der Waals surface area contributed by atoms with Crippen molar-refractivity contribution in [2.24, 2.45) is 5.73 Å². The Kier molecular flexibility index (Phi) is 13.1.